The van der Waals surface area contributed by atoms with E-state index in [1.54, 1.807) is 21.3 Å². The molecule has 2 heterocycles. The molecule has 1 atom stereocenters. The lowest BCUT2D eigenvalue weighted by atomic mass is 10.1. The molecular weight excluding hydrogens is 380 g/mol. The van der Waals surface area contributed by atoms with E-state index < -0.39 is 0 Å². The first-order valence-corrected chi connectivity index (χ1v) is 10.6. The number of furan rings is 1. The molecule has 0 aliphatic carbocycles. The predicted octanol–water partition coefficient (Wildman–Crippen LogP) is 3.15. The largest absolute Gasteiger partial charge is 0.493 e. The number of methoxy groups -OCH3 is 2. The molecule has 1 fully saturated rings. The van der Waals surface area contributed by atoms with Gasteiger partial charge in [-0.05, 0) is 69.1 Å². The highest BCUT2D eigenvalue weighted by molar-refractivity contribution is 5.79. The number of ether oxygens (including phenoxy) is 2. The average molecular weight is 415 g/mol. The van der Waals surface area contributed by atoms with Crippen LogP contribution in [-0.4, -0.2) is 58.3 Å². The van der Waals surface area contributed by atoms with Crippen LogP contribution in [0.3, 0.4) is 0 Å². The Hall–Kier alpha value is -2.67. The first kappa shape index (κ1) is 22.0. The molecule has 3 rings (SSSR count). The van der Waals surface area contributed by atoms with Gasteiger partial charge in [-0.2, -0.15) is 0 Å². The third-order valence-electron chi connectivity index (χ3n) is 5.51. The van der Waals surface area contributed by atoms with Crippen molar-refractivity contribution in [2.24, 2.45) is 4.99 Å². The minimum Gasteiger partial charge on any atom is -0.493 e. The molecule has 2 N–H and O–H groups in total. The summed E-state index contributed by atoms with van der Waals surface area (Å²) in [5.74, 6) is 4.25. The van der Waals surface area contributed by atoms with Crippen LogP contribution < -0.4 is 20.1 Å². The second-order valence-electron chi connectivity index (χ2n) is 7.53. The predicted molar refractivity (Wildman–Crippen MR) is 120 cm³/mol. The first-order valence-electron chi connectivity index (χ1n) is 10.6. The molecule has 30 heavy (non-hydrogen) atoms. The zero-order chi connectivity index (χ0) is 21.3. The van der Waals surface area contributed by atoms with Crippen molar-refractivity contribution in [1.29, 1.82) is 0 Å². The molecule has 164 valence electrons. The minimum absolute atomic E-state index is 0.214. The molecule has 0 radical (unpaired) electrons. The van der Waals surface area contributed by atoms with Gasteiger partial charge in [0.25, 0.3) is 0 Å². The Morgan fingerprint density at radius 1 is 1.10 bits per heavy atom. The van der Waals surface area contributed by atoms with Crippen molar-refractivity contribution >= 4 is 5.96 Å². The number of nitrogens with one attached hydrogen (secondary N) is 2. The molecule has 1 saturated heterocycles. The second-order valence-corrected chi connectivity index (χ2v) is 7.53. The normalized spacial score (nSPS) is 15.8. The SMILES string of the molecule is CN=C(NCCc1ccc(OC)c(OC)c1)NCC(c1ccc(C)o1)N1CCCC1. The number of nitrogens with zero attached hydrogens (tertiary/aromatic N) is 2. The smallest absolute Gasteiger partial charge is 0.191 e. The number of guanidine groups is 1. The number of hydrogen-bond acceptors (Lipinski definition) is 5. The number of likely N-dealkylation sites (tertiary alicyclic amines) is 1. The molecule has 7 nitrogen and oxygen atoms in total. The van der Waals surface area contributed by atoms with Crippen molar-refractivity contribution in [3.8, 4) is 11.5 Å². The Morgan fingerprint density at radius 2 is 1.87 bits per heavy atom. The van der Waals surface area contributed by atoms with Crippen molar-refractivity contribution in [1.82, 2.24) is 15.5 Å². The molecule has 0 saturated carbocycles. The fourth-order valence-corrected chi connectivity index (χ4v) is 3.87. The molecular formula is C23H34N4O3. The second kappa shape index (κ2) is 10.9. The van der Waals surface area contributed by atoms with E-state index in [0.717, 1.165) is 61.6 Å². The molecule has 1 aliphatic heterocycles. The topological polar surface area (TPSA) is 71.3 Å². The summed E-state index contributed by atoms with van der Waals surface area (Å²) in [6.07, 6.45) is 3.34. The van der Waals surface area contributed by atoms with Gasteiger partial charge < -0.3 is 24.5 Å². The molecule has 1 aromatic heterocycles. The van der Waals surface area contributed by atoms with Gasteiger partial charge in [0.1, 0.15) is 11.5 Å². The maximum absolute atomic E-state index is 5.94. The number of rotatable bonds is 9. The van der Waals surface area contributed by atoms with Gasteiger partial charge >= 0.3 is 0 Å². The van der Waals surface area contributed by atoms with E-state index in [0.29, 0.717) is 0 Å². The van der Waals surface area contributed by atoms with E-state index in [1.165, 1.54) is 18.4 Å². The van der Waals surface area contributed by atoms with Crippen LogP contribution >= 0.6 is 0 Å². The average Bonchev–Trinajstić information content (AvgIpc) is 3.45. The van der Waals surface area contributed by atoms with E-state index in [2.05, 4.69) is 32.7 Å². The van der Waals surface area contributed by atoms with Crippen molar-refractivity contribution in [2.75, 3.05) is 47.4 Å². The van der Waals surface area contributed by atoms with Gasteiger partial charge in [-0.1, -0.05) is 6.07 Å². The summed E-state index contributed by atoms with van der Waals surface area (Å²) < 4.78 is 16.6. The van der Waals surface area contributed by atoms with Crippen LogP contribution in [-0.2, 0) is 6.42 Å². The number of aliphatic imine (C=N–C) groups is 1. The number of aryl methyl sites for hydroxylation is 1. The van der Waals surface area contributed by atoms with Gasteiger partial charge in [-0.25, -0.2) is 0 Å². The van der Waals surface area contributed by atoms with Crippen LogP contribution in [0.15, 0.2) is 39.7 Å². The summed E-state index contributed by atoms with van der Waals surface area (Å²) in [4.78, 5) is 6.87. The number of hydrogen-bond donors (Lipinski definition) is 2. The van der Waals surface area contributed by atoms with Crippen LogP contribution in [0.4, 0.5) is 0 Å². The first-order chi connectivity index (χ1) is 14.6. The van der Waals surface area contributed by atoms with Gasteiger partial charge in [0.15, 0.2) is 17.5 Å². The van der Waals surface area contributed by atoms with E-state index in [4.69, 9.17) is 13.9 Å². The molecule has 1 aromatic carbocycles. The summed E-state index contributed by atoms with van der Waals surface area (Å²) in [7, 11) is 5.10. The molecule has 0 bridgehead atoms. The standard InChI is InChI=1S/C23H34N4O3/c1-17-7-9-20(30-17)19(27-13-5-6-14-27)16-26-23(24-2)25-12-11-18-8-10-21(28-3)22(15-18)29-4/h7-10,15,19H,5-6,11-14,16H2,1-4H3,(H2,24,25,26). The maximum atomic E-state index is 5.94. The van der Waals surface area contributed by atoms with Crippen LogP contribution in [0.5, 0.6) is 11.5 Å². The lowest BCUT2D eigenvalue weighted by Gasteiger charge is -2.26. The summed E-state index contributed by atoms with van der Waals surface area (Å²) in [5.41, 5.74) is 1.18. The Labute approximate surface area is 179 Å². The van der Waals surface area contributed by atoms with Crippen LogP contribution in [0.25, 0.3) is 0 Å². The summed E-state index contributed by atoms with van der Waals surface area (Å²) in [6.45, 7) is 5.73. The quantitative estimate of drug-likeness (QED) is 0.485. The zero-order valence-corrected chi connectivity index (χ0v) is 18.5. The van der Waals surface area contributed by atoms with Crippen molar-refractivity contribution in [3.63, 3.8) is 0 Å². The fraction of sp³-hybridized carbons (Fsp3) is 0.522. The highest BCUT2D eigenvalue weighted by atomic mass is 16.5. The van der Waals surface area contributed by atoms with E-state index >= 15 is 0 Å². The summed E-state index contributed by atoms with van der Waals surface area (Å²) in [5, 5.41) is 6.88. The van der Waals surface area contributed by atoms with Gasteiger partial charge in [-0.15, -0.1) is 0 Å². The molecule has 2 aromatic rings. The van der Waals surface area contributed by atoms with Gasteiger partial charge in [0, 0.05) is 20.1 Å². The van der Waals surface area contributed by atoms with E-state index in [9.17, 15) is 0 Å². The van der Waals surface area contributed by atoms with Crippen LogP contribution in [0, 0.1) is 6.92 Å². The number of benzene rings is 1. The molecule has 7 heteroatoms. The Balaban J connectivity index is 1.53. The summed E-state index contributed by atoms with van der Waals surface area (Å²) >= 11 is 0. The minimum atomic E-state index is 0.214. The molecule has 0 amide bonds. The third-order valence-corrected chi connectivity index (χ3v) is 5.51. The zero-order valence-electron chi connectivity index (χ0n) is 18.5. The lowest BCUT2D eigenvalue weighted by Crippen LogP contribution is -2.43. The Bertz CT molecular complexity index is 828. The highest BCUT2D eigenvalue weighted by Gasteiger charge is 2.26. The van der Waals surface area contributed by atoms with Crippen molar-refractivity contribution in [3.05, 3.63) is 47.4 Å². The maximum Gasteiger partial charge on any atom is 0.191 e. The fourth-order valence-electron chi connectivity index (χ4n) is 3.87. The van der Waals surface area contributed by atoms with Gasteiger partial charge in [0.05, 0.1) is 20.3 Å². The highest BCUT2D eigenvalue weighted by Crippen LogP contribution is 2.28. The van der Waals surface area contributed by atoms with Crippen molar-refractivity contribution < 1.29 is 13.9 Å². The molecule has 1 unspecified atom stereocenters. The van der Waals surface area contributed by atoms with Crippen LogP contribution in [0.2, 0.25) is 0 Å². The Morgan fingerprint density at radius 3 is 2.50 bits per heavy atom. The lowest BCUT2D eigenvalue weighted by molar-refractivity contribution is 0.213. The van der Waals surface area contributed by atoms with Gasteiger partial charge in [-0.3, -0.25) is 9.89 Å². The summed E-state index contributed by atoms with van der Waals surface area (Å²) in [6, 6.07) is 10.3. The Kier molecular flexibility index (Phi) is 8.02. The van der Waals surface area contributed by atoms with Gasteiger partial charge in [0.2, 0.25) is 0 Å². The third kappa shape index (κ3) is 5.69. The van der Waals surface area contributed by atoms with Crippen molar-refractivity contribution in [2.45, 2.75) is 32.2 Å². The molecule has 1 aliphatic rings. The van der Waals surface area contributed by atoms with E-state index in [-0.39, 0.29) is 6.04 Å². The van der Waals surface area contributed by atoms with Crippen LogP contribution in [0.1, 0.15) is 36.0 Å². The van der Waals surface area contributed by atoms with E-state index in [1.807, 2.05) is 25.1 Å². The molecule has 0 spiro atoms. The monoisotopic (exact) mass is 414 g/mol.